The Bertz CT molecular complexity index is 736. The van der Waals surface area contributed by atoms with Gasteiger partial charge in [-0.05, 0) is 47.3 Å². The number of aromatic nitrogens is 1. The number of thiophene rings is 1. The summed E-state index contributed by atoms with van der Waals surface area (Å²) in [7, 11) is 0. The highest BCUT2D eigenvalue weighted by Gasteiger charge is 2.11. The number of pyridine rings is 1. The van der Waals surface area contributed by atoms with E-state index in [1.807, 2.05) is 12.1 Å². The second-order valence-corrected chi connectivity index (χ2v) is 5.33. The number of ketones is 1. The molecule has 0 aliphatic rings. The lowest BCUT2D eigenvalue weighted by Gasteiger charge is -1.97. The number of nitrogens with zero attached hydrogens (tertiary/aromatic N) is 1. The van der Waals surface area contributed by atoms with Gasteiger partial charge in [0, 0.05) is 23.5 Å². The Morgan fingerprint density at radius 3 is 2.74 bits per heavy atom. The van der Waals surface area contributed by atoms with E-state index in [9.17, 15) is 9.18 Å². The summed E-state index contributed by atoms with van der Waals surface area (Å²) in [5.74, 6) is -0.230. The monoisotopic (exact) mass is 271 g/mol. The summed E-state index contributed by atoms with van der Waals surface area (Å²) in [6, 6.07) is 9.98. The number of carbonyl (C=O) groups excluding carboxylic acids is 1. The van der Waals surface area contributed by atoms with Crippen LogP contribution in [0.4, 0.5) is 4.39 Å². The summed E-state index contributed by atoms with van der Waals surface area (Å²) in [6.45, 7) is 0. The van der Waals surface area contributed by atoms with Gasteiger partial charge in [0.05, 0.1) is 4.88 Å². The maximum atomic E-state index is 13.1. The van der Waals surface area contributed by atoms with Gasteiger partial charge in [-0.15, -0.1) is 11.3 Å². The van der Waals surface area contributed by atoms with Crippen LogP contribution < -0.4 is 0 Å². The third-order valence-electron chi connectivity index (χ3n) is 2.87. The van der Waals surface area contributed by atoms with Gasteiger partial charge in [-0.3, -0.25) is 9.78 Å². The first-order valence-corrected chi connectivity index (χ1v) is 6.65. The Balaban J connectivity index is 1.89. The largest absolute Gasteiger partial charge is 0.293 e. The summed E-state index contributed by atoms with van der Waals surface area (Å²) in [4.78, 5) is 16.7. The van der Waals surface area contributed by atoms with Gasteiger partial charge in [-0.1, -0.05) is 0 Å². The van der Waals surface area contributed by atoms with E-state index in [4.69, 9.17) is 0 Å². The predicted molar refractivity (Wildman–Crippen MR) is 74.1 cm³/mol. The minimum Gasteiger partial charge on any atom is -0.293 e. The molecule has 0 aliphatic carbocycles. The minimum atomic E-state index is -0.279. The smallest absolute Gasteiger partial charge is 0.177 e. The lowest BCUT2D eigenvalue weighted by atomic mass is 10.1. The van der Waals surface area contributed by atoms with Crippen molar-refractivity contribution in [2.75, 3.05) is 0 Å². The molecule has 0 amide bonds. The summed E-state index contributed by atoms with van der Waals surface area (Å²) in [5.41, 5.74) is 0.934. The molecule has 0 atom stereocenters. The van der Waals surface area contributed by atoms with E-state index in [2.05, 4.69) is 4.98 Å². The molecule has 2 heterocycles. The van der Waals surface area contributed by atoms with Crippen molar-refractivity contribution >= 4 is 27.2 Å². The molecule has 4 heteroatoms. The van der Waals surface area contributed by atoms with Gasteiger partial charge in [-0.25, -0.2) is 4.39 Å². The maximum absolute atomic E-state index is 13.1. The van der Waals surface area contributed by atoms with Crippen LogP contribution in [0.3, 0.4) is 0 Å². The van der Waals surface area contributed by atoms with Crippen LogP contribution in [0.1, 0.15) is 15.2 Å². The third kappa shape index (κ3) is 2.53. The Kier molecular flexibility index (Phi) is 3.09. The van der Waals surface area contributed by atoms with Crippen LogP contribution in [-0.4, -0.2) is 10.8 Å². The molecule has 94 valence electrons. The van der Waals surface area contributed by atoms with Gasteiger partial charge in [0.2, 0.25) is 0 Å². The van der Waals surface area contributed by atoms with Gasteiger partial charge < -0.3 is 0 Å². The standard InChI is InChI=1S/C15H10FNOS/c16-12-1-2-14-11(8-12)9-15(19-14)13(18)7-10-3-5-17-6-4-10/h1-6,8-9H,7H2. The van der Waals surface area contributed by atoms with Crippen LogP contribution in [0.5, 0.6) is 0 Å². The molecule has 0 fully saturated rings. The van der Waals surface area contributed by atoms with Crippen LogP contribution in [0.15, 0.2) is 48.8 Å². The lowest BCUT2D eigenvalue weighted by Crippen LogP contribution is -2.00. The quantitative estimate of drug-likeness (QED) is 0.677. The van der Waals surface area contributed by atoms with Crippen LogP contribution in [-0.2, 0) is 6.42 Å². The number of hydrogen-bond donors (Lipinski definition) is 0. The second-order valence-electron chi connectivity index (χ2n) is 4.25. The normalized spacial score (nSPS) is 10.8. The minimum absolute atomic E-state index is 0.0489. The molecule has 2 nitrogen and oxygen atoms in total. The van der Waals surface area contributed by atoms with Crippen LogP contribution in [0.25, 0.3) is 10.1 Å². The van der Waals surface area contributed by atoms with E-state index in [1.54, 1.807) is 24.5 Å². The molecule has 2 aromatic heterocycles. The fourth-order valence-electron chi connectivity index (χ4n) is 1.92. The Morgan fingerprint density at radius 2 is 1.95 bits per heavy atom. The van der Waals surface area contributed by atoms with Crippen molar-refractivity contribution in [1.82, 2.24) is 4.98 Å². The van der Waals surface area contributed by atoms with Crippen molar-refractivity contribution < 1.29 is 9.18 Å². The summed E-state index contributed by atoms with van der Waals surface area (Å²) >= 11 is 1.40. The molecule has 3 aromatic rings. The second kappa shape index (κ2) is 4.90. The highest BCUT2D eigenvalue weighted by molar-refractivity contribution is 7.20. The zero-order chi connectivity index (χ0) is 13.2. The number of rotatable bonds is 3. The first-order chi connectivity index (χ1) is 9.22. The predicted octanol–water partition coefficient (Wildman–Crippen LogP) is 3.86. The fraction of sp³-hybridized carbons (Fsp3) is 0.0667. The van der Waals surface area contributed by atoms with Crippen molar-refractivity contribution in [3.63, 3.8) is 0 Å². The number of hydrogen-bond acceptors (Lipinski definition) is 3. The Morgan fingerprint density at radius 1 is 1.16 bits per heavy atom. The topological polar surface area (TPSA) is 30.0 Å². The fourth-order valence-corrected chi connectivity index (χ4v) is 2.91. The summed E-state index contributed by atoms with van der Waals surface area (Å²) in [6.07, 6.45) is 3.68. The van der Waals surface area contributed by atoms with E-state index >= 15 is 0 Å². The van der Waals surface area contributed by atoms with E-state index in [-0.39, 0.29) is 11.6 Å². The first kappa shape index (κ1) is 12.0. The zero-order valence-electron chi connectivity index (χ0n) is 9.97. The number of benzene rings is 1. The summed E-state index contributed by atoms with van der Waals surface area (Å²) < 4.78 is 14.0. The van der Waals surface area contributed by atoms with Gasteiger partial charge in [-0.2, -0.15) is 0 Å². The molecule has 3 rings (SSSR count). The van der Waals surface area contributed by atoms with E-state index in [1.165, 1.54) is 23.5 Å². The Labute approximate surface area is 113 Å². The van der Waals surface area contributed by atoms with Gasteiger partial charge in [0.1, 0.15) is 5.82 Å². The molecular weight excluding hydrogens is 261 g/mol. The highest BCUT2D eigenvalue weighted by atomic mass is 32.1. The molecule has 19 heavy (non-hydrogen) atoms. The number of carbonyl (C=O) groups is 1. The van der Waals surface area contributed by atoms with Crippen LogP contribution >= 0.6 is 11.3 Å². The van der Waals surface area contributed by atoms with Crippen LogP contribution in [0.2, 0.25) is 0 Å². The van der Waals surface area contributed by atoms with Crippen molar-refractivity contribution in [2.24, 2.45) is 0 Å². The van der Waals surface area contributed by atoms with Crippen molar-refractivity contribution in [2.45, 2.75) is 6.42 Å². The lowest BCUT2D eigenvalue weighted by molar-refractivity contribution is 0.0997. The molecule has 0 spiro atoms. The zero-order valence-corrected chi connectivity index (χ0v) is 10.8. The highest BCUT2D eigenvalue weighted by Crippen LogP contribution is 2.27. The molecule has 0 saturated heterocycles. The van der Waals surface area contributed by atoms with Gasteiger partial charge in [0.25, 0.3) is 0 Å². The SMILES string of the molecule is O=C(Cc1ccncc1)c1cc2cc(F)ccc2s1. The average Bonchev–Trinajstić information content (AvgIpc) is 2.83. The molecule has 0 aliphatic heterocycles. The van der Waals surface area contributed by atoms with Crippen molar-refractivity contribution in [1.29, 1.82) is 0 Å². The first-order valence-electron chi connectivity index (χ1n) is 5.83. The molecule has 0 saturated carbocycles. The average molecular weight is 271 g/mol. The number of fused-ring (bicyclic) bond motifs is 1. The van der Waals surface area contributed by atoms with Crippen molar-refractivity contribution in [3.05, 3.63) is 65.0 Å². The molecule has 0 radical (unpaired) electrons. The van der Waals surface area contributed by atoms with E-state index in [0.717, 1.165) is 15.6 Å². The Hall–Kier alpha value is -2.07. The van der Waals surface area contributed by atoms with Gasteiger partial charge in [0.15, 0.2) is 5.78 Å². The van der Waals surface area contributed by atoms with Crippen molar-refractivity contribution in [3.8, 4) is 0 Å². The molecular formula is C15H10FNOS. The van der Waals surface area contributed by atoms with Crippen LogP contribution in [0, 0.1) is 5.82 Å². The summed E-state index contributed by atoms with van der Waals surface area (Å²) in [5, 5.41) is 0.781. The molecule has 0 bridgehead atoms. The maximum Gasteiger partial charge on any atom is 0.177 e. The van der Waals surface area contributed by atoms with E-state index in [0.29, 0.717) is 11.3 Å². The molecule has 1 aromatic carbocycles. The third-order valence-corrected chi connectivity index (χ3v) is 4.02. The van der Waals surface area contributed by atoms with E-state index < -0.39 is 0 Å². The number of halogens is 1. The van der Waals surface area contributed by atoms with Gasteiger partial charge >= 0.3 is 0 Å². The number of Topliss-reactive ketones (excluding diaryl/α,β-unsaturated/α-hetero) is 1. The molecule has 0 N–H and O–H groups in total. The molecule has 0 unspecified atom stereocenters.